The van der Waals surface area contributed by atoms with Crippen molar-refractivity contribution in [1.29, 1.82) is 0 Å². The Kier molecular flexibility index (Phi) is 4.16. The Bertz CT molecular complexity index is 951. The van der Waals surface area contributed by atoms with Gasteiger partial charge in [0.05, 0.1) is 11.4 Å². The first-order chi connectivity index (χ1) is 12.6. The molecule has 0 spiro atoms. The van der Waals surface area contributed by atoms with Crippen LogP contribution >= 0.6 is 0 Å². The summed E-state index contributed by atoms with van der Waals surface area (Å²) in [4.78, 5) is 42.8. The van der Waals surface area contributed by atoms with Crippen molar-refractivity contribution in [2.45, 2.75) is 32.2 Å². The van der Waals surface area contributed by atoms with Gasteiger partial charge in [0.15, 0.2) is 12.4 Å². The van der Waals surface area contributed by atoms with Gasteiger partial charge in [-0.2, -0.15) is 0 Å². The number of anilines is 1. The lowest BCUT2D eigenvalue weighted by atomic mass is 9.97. The molecular formula is C18H18N4O4. The van der Waals surface area contributed by atoms with Crippen LogP contribution in [0.1, 0.15) is 40.3 Å². The monoisotopic (exact) mass is 354 g/mol. The van der Waals surface area contributed by atoms with E-state index in [0.29, 0.717) is 23.4 Å². The number of nitrogens with one attached hydrogen (secondary N) is 3. The Morgan fingerprint density at radius 2 is 2.08 bits per heavy atom. The Balaban J connectivity index is 1.48. The highest BCUT2D eigenvalue weighted by molar-refractivity contribution is 5.95. The molecule has 0 fully saturated rings. The molecule has 0 saturated carbocycles. The number of nitrogens with zero attached hydrogens (tertiary/aromatic N) is 1. The summed E-state index contributed by atoms with van der Waals surface area (Å²) in [5.74, 6) is -0.0198. The number of aromatic amines is 1. The van der Waals surface area contributed by atoms with Crippen molar-refractivity contribution in [3.8, 4) is 5.75 Å². The summed E-state index contributed by atoms with van der Waals surface area (Å²) in [6, 6.07) is 5.30. The molecule has 8 nitrogen and oxygen atoms in total. The molecule has 2 aromatic rings. The number of hydrogen-bond acceptors (Lipinski definition) is 5. The molecule has 0 saturated heterocycles. The molecule has 1 aromatic heterocycles. The highest BCUT2D eigenvalue weighted by Crippen LogP contribution is 2.28. The minimum absolute atomic E-state index is 0.000440. The minimum atomic E-state index is -0.437. The van der Waals surface area contributed by atoms with Crippen LogP contribution in [0.15, 0.2) is 23.0 Å². The third-order valence-corrected chi connectivity index (χ3v) is 4.54. The van der Waals surface area contributed by atoms with Crippen molar-refractivity contribution < 1.29 is 14.3 Å². The van der Waals surface area contributed by atoms with Crippen LogP contribution in [0.4, 0.5) is 5.69 Å². The summed E-state index contributed by atoms with van der Waals surface area (Å²) in [6.45, 7) is 0.239. The van der Waals surface area contributed by atoms with Crippen molar-refractivity contribution in [1.82, 2.24) is 15.3 Å². The van der Waals surface area contributed by atoms with E-state index in [1.807, 2.05) is 0 Å². The van der Waals surface area contributed by atoms with Crippen molar-refractivity contribution in [2.24, 2.45) is 0 Å². The Morgan fingerprint density at radius 1 is 1.23 bits per heavy atom. The highest BCUT2D eigenvalue weighted by Gasteiger charge is 2.19. The predicted molar refractivity (Wildman–Crippen MR) is 93.2 cm³/mol. The first-order valence-corrected chi connectivity index (χ1v) is 8.56. The average Bonchev–Trinajstić information content (AvgIpc) is 2.65. The van der Waals surface area contributed by atoms with E-state index in [0.717, 1.165) is 30.5 Å². The fraction of sp³-hybridized carbons (Fsp3) is 0.333. The molecule has 0 atom stereocenters. The zero-order valence-corrected chi connectivity index (χ0v) is 14.1. The number of aryl methyl sites for hydroxylation is 1. The molecule has 0 unspecified atom stereocenters. The number of rotatable bonds is 3. The standard InChI is InChI=1S/C18H18N4O4/c23-15-9-26-14-6-5-10(7-13(14)20-15)8-19-18(25)16-21-12-4-2-1-3-11(12)17(24)22-16/h5-7H,1-4,8-9H2,(H,19,25)(H,20,23)(H,21,22,24). The van der Waals surface area contributed by atoms with Crippen LogP contribution in [-0.2, 0) is 24.2 Å². The molecule has 4 rings (SSSR count). The van der Waals surface area contributed by atoms with Gasteiger partial charge >= 0.3 is 0 Å². The maximum Gasteiger partial charge on any atom is 0.287 e. The average molecular weight is 354 g/mol. The van der Waals surface area contributed by atoms with Gasteiger partial charge < -0.3 is 20.4 Å². The van der Waals surface area contributed by atoms with E-state index in [2.05, 4.69) is 20.6 Å². The first kappa shape index (κ1) is 16.3. The summed E-state index contributed by atoms with van der Waals surface area (Å²) < 4.78 is 5.30. The molecule has 0 bridgehead atoms. The number of carbonyl (C=O) groups excluding carboxylic acids is 2. The zero-order valence-electron chi connectivity index (χ0n) is 14.1. The Labute approximate surface area is 149 Å². The lowest BCUT2D eigenvalue weighted by Crippen LogP contribution is -2.31. The molecule has 3 N–H and O–H groups in total. The Morgan fingerprint density at radius 3 is 2.96 bits per heavy atom. The van der Waals surface area contributed by atoms with Gasteiger partial charge in [-0.05, 0) is 43.4 Å². The van der Waals surface area contributed by atoms with Crippen LogP contribution in [-0.4, -0.2) is 28.4 Å². The maximum absolute atomic E-state index is 12.4. The maximum atomic E-state index is 12.4. The van der Waals surface area contributed by atoms with Crippen molar-refractivity contribution in [3.63, 3.8) is 0 Å². The van der Waals surface area contributed by atoms with Crippen molar-refractivity contribution in [2.75, 3.05) is 11.9 Å². The van der Waals surface area contributed by atoms with Crippen LogP contribution < -0.4 is 20.9 Å². The topological polar surface area (TPSA) is 113 Å². The molecular weight excluding hydrogens is 336 g/mol. The van der Waals surface area contributed by atoms with E-state index in [1.165, 1.54) is 0 Å². The van der Waals surface area contributed by atoms with Gasteiger partial charge in [0, 0.05) is 12.1 Å². The summed E-state index contributed by atoms with van der Waals surface area (Å²) in [5, 5.41) is 5.47. The Hall–Kier alpha value is -3.16. The van der Waals surface area contributed by atoms with Crippen LogP contribution in [0.25, 0.3) is 0 Å². The number of hydrogen-bond donors (Lipinski definition) is 3. The number of ether oxygens (including phenoxy) is 1. The normalized spacial score (nSPS) is 15.3. The SMILES string of the molecule is O=C1COc2ccc(CNC(=O)c3nc4c(c(=O)[nH]3)CCCC4)cc2N1. The summed E-state index contributed by atoms with van der Waals surface area (Å²) in [6.07, 6.45) is 3.39. The summed E-state index contributed by atoms with van der Waals surface area (Å²) in [7, 11) is 0. The molecule has 2 heterocycles. The highest BCUT2D eigenvalue weighted by atomic mass is 16.5. The fourth-order valence-electron chi connectivity index (χ4n) is 3.22. The fourth-order valence-corrected chi connectivity index (χ4v) is 3.22. The molecule has 1 aromatic carbocycles. The molecule has 2 aliphatic rings. The third kappa shape index (κ3) is 3.17. The van der Waals surface area contributed by atoms with E-state index >= 15 is 0 Å². The molecule has 1 aliphatic carbocycles. The molecule has 26 heavy (non-hydrogen) atoms. The summed E-state index contributed by atoms with van der Waals surface area (Å²) in [5.41, 5.74) is 2.56. The van der Waals surface area contributed by atoms with Gasteiger partial charge in [-0.1, -0.05) is 6.07 Å². The summed E-state index contributed by atoms with van der Waals surface area (Å²) >= 11 is 0. The molecule has 2 amide bonds. The number of carbonyl (C=O) groups is 2. The minimum Gasteiger partial charge on any atom is -0.482 e. The molecule has 8 heteroatoms. The number of H-pyrrole nitrogens is 1. The van der Waals surface area contributed by atoms with E-state index < -0.39 is 5.91 Å². The number of fused-ring (bicyclic) bond motifs is 2. The van der Waals surface area contributed by atoms with Gasteiger partial charge in [0.25, 0.3) is 17.4 Å². The predicted octanol–water partition coefficient (Wildman–Crippen LogP) is 0.910. The van der Waals surface area contributed by atoms with Crippen molar-refractivity contribution in [3.05, 3.63) is 51.2 Å². The van der Waals surface area contributed by atoms with Gasteiger partial charge in [0.1, 0.15) is 5.75 Å². The largest absolute Gasteiger partial charge is 0.482 e. The van der Waals surface area contributed by atoms with Crippen LogP contribution in [0.3, 0.4) is 0 Å². The number of aromatic nitrogens is 2. The second-order valence-electron chi connectivity index (χ2n) is 6.40. The van der Waals surface area contributed by atoms with Gasteiger partial charge in [0.2, 0.25) is 0 Å². The smallest absolute Gasteiger partial charge is 0.287 e. The van der Waals surface area contributed by atoms with E-state index in [4.69, 9.17) is 4.74 Å². The van der Waals surface area contributed by atoms with E-state index in [-0.39, 0.29) is 30.4 Å². The van der Waals surface area contributed by atoms with Gasteiger partial charge in [-0.15, -0.1) is 0 Å². The lowest BCUT2D eigenvalue weighted by molar-refractivity contribution is -0.118. The quantitative estimate of drug-likeness (QED) is 0.758. The third-order valence-electron chi connectivity index (χ3n) is 4.54. The number of benzene rings is 1. The lowest BCUT2D eigenvalue weighted by Gasteiger charge is -2.18. The van der Waals surface area contributed by atoms with Gasteiger partial charge in [-0.3, -0.25) is 14.4 Å². The molecule has 134 valence electrons. The van der Waals surface area contributed by atoms with E-state index in [1.54, 1.807) is 18.2 Å². The molecule has 0 radical (unpaired) electrons. The molecule has 1 aliphatic heterocycles. The van der Waals surface area contributed by atoms with Gasteiger partial charge in [-0.25, -0.2) is 4.98 Å². The van der Waals surface area contributed by atoms with E-state index in [9.17, 15) is 14.4 Å². The van der Waals surface area contributed by atoms with Crippen LogP contribution in [0.5, 0.6) is 5.75 Å². The number of amides is 2. The van der Waals surface area contributed by atoms with Crippen LogP contribution in [0.2, 0.25) is 0 Å². The van der Waals surface area contributed by atoms with Crippen molar-refractivity contribution >= 4 is 17.5 Å². The first-order valence-electron chi connectivity index (χ1n) is 8.56. The zero-order chi connectivity index (χ0) is 18.1. The second-order valence-corrected chi connectivity index (χ2v) is 6.40. The second kappa shape index (κ2) is 6.62. The van der Waals surface area contributed by atoms with Crippen LogP contribution in [0, 0.1) is 0 Å².